The van der Waals surface area contributed by atoms with Crippen LogP contribution in [0.2, 0.25) is 0 Å². The van der Waals surface area contributed by atoms with E-state index in [1.807, 2.05) is 13.8 Å². The molecule has 0 heterocycles. The van der Waals surface area contributed by atoms with Crippen LogP contribution in [0.4, 0.5) is 0 Å². The Kier molecular flexibility index (Phi) is 10.3. The second-order valence-electron chi connectivity index (χ2n) is 6.81. The summed E-state index contributed by atoms with van der Waals surface area (Å²) in [5.41, 5.74) is 0. The zero-order valence-electron chi connectivity index (χ0n) is 15.6. The van der Waals surface area contributed by atoms with Crippen LogP contribution in [0.15, 0.2) is 0 Å². The predicted molar refractivity (Wildman–Crippen MR) is 94.1 cm³/mol. The number of ether oxygens (including phenoxy) is 2. The molecule has 0 aromatic heterocycles. The number of amides is 2. The third-order valence-electron chi connectivity index (χ3n) is 4.45. The summed E-state index contributed by atoms with van der Waals surface area (Å²) in [4.78, 5) is 35.5. The minimum absolute atomic E-state index is 0.0205. The van der Waals surface area contributed by atoms with Crippen molar-refractivity contribution < 1.29 is 23.9 Å². The molecule has 1 aliphatic carbocycles. The molecule has 2 N–H and O–H groups in total. The average molecular weight is 356 g/mol. The van der Waals surface area contributed by atoms with E-state index in [2.05, 4.69) is 10.6 Å². The van der Waals surface area contributed by atoms with Crippen molar-refractivity contribution in [1.29, 1.82) is 0 Å². The molecular weight excluding hydrogens is 324 g/mol. The predicted octanol–water partition coefficient (Wildman–Crippen LogP) is 1.06. The summed E-state index contributed by atoms with van der Waals surface area (Å²) >= 11 is 0. The van der Waals surface area contributed by atoms with Crippen LogP contribution < -0.4 is 10.6 Å². The van der Waals surface area contributed by atoms with Crippen LogP contribution >= 0.6 is 0 Å². The summed E-state index contributed by atoms with van der Waals surface area (Å²) < 4.78 is 10.1. The highest BCUT2D eigenvalue weighted by Crippen LogP contribution is 2.24. The highest BCUT2D eigenvalue weighted by molar-refractivity contribution is 5.88. The Labute approximate surface area is 150 Å². The Bertz CT molecular complexity index is 431. The van der Waals surface area contributed by atoms with Crippen LogP contribution in [-0.4, -0.2) is 57.1 Å². The molecule has 1 saturated carbocycles. The Morgan fingerprint density at radius 1 is 1.04 bits per heavy atom. The molecule has 0 saturated heterocycles. The average Bonchev–Trinajstić information content (AvgIpc) is 2.59. The fourth-order valence-electron chi connectivity index (χ4n) is 2.73. The van der Waals surface area contributed by atoms with Crippen molar-refractivity contribution in [3.05, 3.63) is 0 Å². The lowest BCUT2D eigenvalue weighted by Gasteiger charge is -2.28. The van der Waals surface area contributed by atoms with Crippen molar-refractivity contribution in [3.8, 4) is 0 Å². The first-order chi connectivity index (χ1) is 11.9. The third-order valence-corrected chi connectivity index (χ3v) is 4.45. The van der Waals surface area contributed by atoms with Crippen LogP contribution in [0.5, 0.6) is 0 Å². The second-order valence-corrected chi connectivity index (χ2v) is 6.81. The number of carbonyl (C=O) groups is 3. The van der Waals surface area contributed by atoms with Gasteiger partial charge in [0, 0.05) is 31.4 Å². The molecule has 0 unspecified atom stereocenters. The van der Waals surface area contributed by atoms with E-state index in [4.69, 9.17) is 9.47 Å². The van der Waals surface area contributed by atoms with Crippen LogP contribution in [0.1, 0.15) is 46.0 Å². The van der Waals surface area contributed by atoms with Crippen LogP contribution in [0.3, 0.4) is 0 Å². The zero-order chi connectivity index (χ0) is 18.7. The summed E-state index contributed by atoms with van der Waals surface area (Å²) in [7, 11) is 1.61. The van der Waals surface area contributed by atoms with Crippen LogP contribution in [0.25, 0.3) is 0 Å². The first kappa shape index (κ1) is 21.6. The quantitative estimate of drug-likeness (QED) is 0.540. The van der Waals surface area contributed by atoms with Gasteiger partial charge in [-0.1, -0.05) is 13.8 Å². The van der Waals surface area contributed by atoms with Gasteiger partial charge in [0.25, 0.3) is 0 Å². The molecular formula is C18H32N2O5. The minimum Gasteiger partial charge on any atom is -0.382 e. The van der Waals surface area contributed by atoms with Gasteiger partial charge in [0.2, 0.25) is 11.8 Å². The minimum atomic E-state index is -0.0651. The standard InChI is InChI=1S/C18H32N2O5/c1-13(2)16(21)12-19-18(23)14-4-6-15(7-5-14)20-17(22)8-9-25-11-10-24-3/h13-15H,4-12H2,1-3H3,(H,19,23)(H,20,22). The molecule has 1 fully saturated rings. The lowest BCUT2D eigenvalue weighted by atomic mass is 9.85. The molecule has 1 rings (SSSR count). The second kappa shape index (κ2) is 12.0. The molecule has 0 radical (unpaired) electrons. The number of Topliss-reactive ketones (excluding diaryl/α,β-unsaturated/α-hetero) is 1. The molecule has 2 amide bonds. The van der Waals surface area contributed by atoms with E-state index in [-0.39, 0.29) is 42.0 Å². The van der Waals surface area contributed by atoms with E-state index in [1.54, 1.807) is 7.11 Å². The van der Waals surface area contributed by atoms with E-state index in [9.17, 15) is 14.4 Å². The van der Waals surface area contributed by atoms with Gasteiger partial charge >= 0.3 is 0 Å². The van der Waals surface area contributed by atoms with E-state index in [0.29, 0.717) is 26.2 Å². The van der Waals surface area contributed by atoms with Gasteiger partial charge in [-0.05, 0) is 25.7 Å². The van der Waals surface area contributed by atoms with Crippen molar-refractivity contribution in [3.63, 3.8) is 0 Å². The highest BCUT2D eigenvalue weighted by atomic mass is 16.5. The van der Waals surface area contributed by atoms with E-state index in [1.165, 1.54) is 0 Å². The Morgan fingerprint density at radius 3 is 2.32 bits per heavy atom. The first-order valence-electron chi connectivity index (χ1n) is 9.10. The van der Waals surface area contributed by atoms with Crippen LogP contribution in [0, 0.1) is 11.8 Å². The van der Waals surface area contributed by atoms with Gasteiger partial charge < -0.3 is 20.1 Å². The fraction of sp³-hybridized carbons (Fsp3) is 0.833. The molecule has 0 aliphatic heterocycles. The maximum absolute atomic E-state index is 12.1. The topological polar surface area (TPSA) is 93.7 Å². The van der Waals surface area contributed by atoms with Crippen molar-refractivity contribution in [2.24, 2.45) is 11.8 Å². The maximum Gasteiger partial charge on any atom is 0.223 e. The molecule has 25 heavy (non-hydrogen) atoms. The van der Waals surface area contributed by atoms with Crippen molar-refractivity contribution in [2.75, 3.05) is 33.5 Å². The van der Waals surface area contributed by atoms with Gasteiger partial charge in [0.1, 0.15) is 0 Å². The number of ketones is 1. The van der Waals surface area contributed by atoms with Gasteiger partial charge in [0.15, 0.2) is 5.78 Å². The summed E-state index contributed by atoms with van der Waals surface area (Å²) in [6.07, 6.45) is 3.37. The first-order valence-corrected chi connectivity index (χ1v) is 9.10. The molecule has 7 nitrogen and oxygen atoms in total. The SMILES string of the molecule is COCCOCCC(=O)NC1CCC(C(=O)NCC(=O)C(C)C)CC1. The molecule has 0 bridgehead atoms. The summed E-state index contributed by atoms with van der Waals surface area (Å²) in [6.45, 7) is 5.16. The monoisotopic (exact) mass is 356 g/mol. The summed E-state index contributed by atoms with van der Waals surface area (Å²) in [6, 6.07) is 0.118. The largest absolute Gasteiger partial charge is 0.382 e. The van der Waals surface area contributed by atoms with Crippen molar-refractivity contribution in [2.45, 2.75) is 52.0 Å². The lowest BCUT2D eigenvalue weighted by Crippen LogP contribution is -2.42. The van der Waals surface area contributed by atoms with Gasteiger partial charge in [-0.25, -0.2) is 0 Å². The van der Waals surface area contributed by atoms with Gasteiger partial charge in [-0.15, -0.1) is 0 Å². The normalized spacial score (nSPS) is 20.3. The number of carbonyl (C=O) groups excluding carboxylic acids is 3. The maximum atomic E-state index is 12.1. The Hall–Kier alpha value is -1.47. The van der Waals surface area contributed by atoms with Gasteiger partial charge in [-0.2, -0.15) is 0 Å². The Balaban J connectivity index is 2.17. The lowest BCUT2D eigenvalue weighted by molar-refractivity contribution is -0.129. The number of methoxy groups -OCH3 is 1. The van der Waals surface area contributed by atoms with E-state index < -0.39 is 0 Å². The zero-order valence-corrected chi connectivity index (χ0v) is 15.6. The molecule has 1 aliphatic rings. The molecule has 0 atom stereocenters. The van der Waals surface area contributed by atoms with Gasteiger partial charge in [0.05, 0.1) is 26.4 Å². The molecule has 0 aromatic rings. The van der Waals surface area contributed by atoms with Crippen LogP contribution in [-0.2, 0) is 23.9 Å². The number of hydrogen-bond donors (Lipinski definition) is 2. The highest BCUT2D eigenvalue weighted by Gasteiger charge is 2.27. The molecule has 7 heteroatoms. The third kappa shape index (κ3) is 8.97. The molecule has 0 aromatic carbocycles. The van der Waals surface area contributed by atoms with E-state index >= 15 is 0 Å². The number of rotatable bonds is 11. The van der Waals surface area contributed by atoms with E-state index in [0.717, 1.165) is 25.7 Å². The van der Waals surface area contributed by atoms with Crippen molar-refractivity contribution >= 4 is 17.6 Å². The molecule has 0 spiro atoms. The van der Waals surface area contributed by atoms with Gasteiger partial charge in [-0.3, -0.25) is 14.4 Å². The Morgan fingerprint density at radius 2 is 1.72 bits per heavy atom. The van der Waals surface area contributed by atoms with Crippen molar-refractivity contribution in [1.82, 2.24) is 10.6 Å². The number of nitrogens with one attached hydrogen (secondary N) is 2. The summed E-state index contributed by atoms with van der Waals surface area (Å²) in [5, 5.41) is 5.73. The smallest absolute Gasteiger partial charge is 0.223 e. The summed E-state index contributed by atoms with van der Waals surface area (Å²) in [5.74, 6) is -0.157. The fourth-order valence-corrected chi connectivity index (χ4v) is 2.73. The molecule has 144 valence electrons. The number of hydrogen-bond acceptors (Lipinski definition) is 5.